The lowest BCUT2D eigenvalue weighted by molar-refractivity contribution is 0.174. The Balaban J connectivity index is 0.000000253. The molecule has 0 bridgehead atoms. The van der Waals surface area contributed by atoms with Gasteiger partial charge in [-0.1, -0.05) is 61.0 Å². The molecular formula is C21H23BrN2O2S. The number of benzene rings is 2. The summed E-state index contributed by atoms with van der Waals surface area (Å²) in [6.45, 7) is 6.78. The molecule has 4 rings (SSSR count). The van der Waals surface area contributed by atoms with Gasteiger partial charge in [-0.15, -0.1) is 11.3 Å². The van der Waals surface area contributed by atoms with E-state index in [0.29, 0.717) is 11.9 Å². The van der Waals surface area contributed by atoms with Crippen LogP contribution in [0.2, 0.25) is 0 Å². The fraction of sp³-hybridized carbons (Fsp3) is 0.286. The van der Waals surface area contributed by atoms with Gasteiger partial charge in [-0.2, -0.15) is 0 Å². The number of fused-ring (bicyclic) bond motifs is 1. The maximum absolute atomic E-state index is 5.88. The summed E-state index contributed by atoms with van der Waals surface area (Å²) in [5.41, 5.74) is 8.15. The number of nitrogens with two attached hydrogens (primary N) is 1. The Morgan fingerprint density at radius 2 is 1.78 bits per heavy atom. The van der Waals surface area contributed by atoms with Crippen LogP contribution in [0.1, 0.15) is 36.9 Å². The fourth-order valence-corrected chi connectivity index (χ4v) is 4.11. The standard InChI is InChI=1S/C15H18N2O2S.C6H5Br/c1-15(2,3)13-12(20-14(16)17-13)7-9-4-5-10-11(6-9)19-8-18-10;7-6-4-2-1-3-5-6/h4-6H,7-8H2,1-3H3,(H2,16,17);1-5H. The van der Waals surface area contributed by atoms with Crippen molar-refractivity contribution in [1.29, 1.82) is 0 Å². The van der Waals surface area contributed by atoms with Gasteiger partial charge in [0.05, 0.1) is 5.69 Å². The van der Waals surface area contributed by atoms with Gasteiger partial charge in [-0.3, -0.25) is 0 Å². The number of rotatable bonds is 2. The minimum absolute atomic E-state index is 0.000206. The summed E-state index contributed by atoms with van der Waals surface area (Å²) in [6.07, 6.45) is 0.818. The molecule has 4 nitrogen and oxygen atoms in total. The van der Waals surface area contributed by atoms with Crippen molar-refractivity contribution in [2.45, 2.75) is 32.6 Å². The molecule has 0 atom stereocenters. The molecule has 0 unspecified atom stereocenters. The Kier molecular flexibility index (Phi) is 6.07. The Morgan fingerprint density at radius 1 is 1.07 bits per heavy atom. The third kappa shape index (κ3) is 5.23. The number of halogens is 1. The van der Waals surface area contributed by atoms with Gasteiger partial charge in [0.1, 0.15) is 0 Å². The molecule has 6 heteroatoms. The smallest absolute Gasteiger partial charge is 0.231 e. The zero-order valence-corrected chi connectivity index (χ0v) is 18.1. The van der Waals surface area contributed by atoms with Crippen molar-refractivity contribution in [1.82, 2.24) is 4.98 Å². The van der Waals surface area contributed by atoms with E-state index >= 15 is 0 Å². The highest BCUT2D eigenvalue weighted by Gasteiger charge is 2.23. The van der Waals surface area contributed by atoms with E-state index in [-0.39, 0.29) is 5.41 Å². The third-order valence-corrected chi connectivity index (χ3v) is 5.37. The van der Waals surface area contributed by atoms with Crippen LogP contribution in [0.3, 0.4) is 0 Å². The number of ether oxygens (including phenoxy) is 2. The fourth-order valence-electron chi connectivity index (χ4n) is 2.73. The highest BCUT2D eigenvalue weighted by molar-refractivity contribution is 9.10. The van der Waals surface area contributed by atoms with Gasteiger partial charge < -0.3 is 15.2 Å². The molecule has 3 aromatic rings. The van der Waals surface area contributed by atoms with Crippen molar-refractivity contribution in [3.05, 3.63) is 69.1 Å². The molecule has 1 aromatic heterocycles. The lowest BCUT2D eigenvalue weighted by Crippen LogP contribution is -2.14. The lowest BCUT2D eigenvalue weighted by Gasteiger charge is -2.17. The molecule has 0 spiro atoms. The van der Waals surface area contributed by atoms with Gasteiger partial charge in [0.25, 0.3) is 0 Å². The van der Waals surface area contributed by atoms with Crippen LogP contribution >= 0.6 is 27.3 Å². The zero-order chi connectivity index (χ0) is 19.4. The topological polar surface area (TPSA) is 57.4 Å². The van der Waals surface area contributed by atoms with Crippen LogP contribution in [0, 0.1) is 0 Å². The van der Waals surface area contributed by atoms with E-state index < -0.39 is 0 Å². The summed E-state index contributed by atoms with van der Waals surface area (Å²) in [7, 11) is 0. The first-order valence-corrected chi connectivity index (χ1v) is 10.3. The summed E-state index contributed by atoms with van der Waals surface area (Å²) in [5.74, 6) is 1.63. The third-order valence-electron chi connectivity index (χ3n) is 3.96. The summed E-state index contributed by atoms with van der Waals surface area (Å²) < 4.78 is 11.9. The van der Waals surface area contributed by atoms with Crippen molar-refractivity contribution < 1.29 is 9.47 Å². The maximum Gasteiger partial charge on any atom is 0.231 e. The van der Waals surface area contributed by atoms with E-state index in [2.05, 4.69) is 47.8 Å². The first-order valence-electron chi connectivity index (χ1n) is 8.67. The molecule has 27 heavy (non-hydrogen) atoms. The number of anilines is 1. The molecule has 2 N–H and O–H groups in total. The molecular weight excluding hydrogens is 424 g/mol. The predicted molar refractivity (Wildman–Crippen MR) is 115 cm³/mol. The molecule has 0 saturated heterocycles. The highest BCUT2D eigenvalue weighted by atomic mass is 79.9. The average Bonchev–Trinajstić information content (AvgIpc) is 3.22. The van der Waals surface area contributed by atoms with Gasteiger partial charge >= 0.3 is 0 Å². The first-order chi connectivity index (χ1) is 12.8. The Bertz CT molecular complexity index is 904. The van der Waals surface area contributed by atoms with Crippen LogP contribution in [-0.4, -0.2) is 11.8 Å². The summed E-state index contributed by atoms with van der Waals surface area (Å²) in [5, 5.41) is 0.630. The Morgan fingerprint density at radius 3 is 2.41 bits per heavy atom. The van der Waals surface area contributed by atoms with Gasteiger partial charge in [0.15, 0.2) is 16.6 Å². The van der Waals surface area contributed by atoms with Crippen molar-refractivity contribution in [3.63, 3.8) is 0 Å². The number of thiazole rings is 1. The number of hydrogen-bond acceptors (Lipinski definition) is 5. The second kappa shape index (κ2) is 8.31. The average molecular weight is 447 g/mol. The number of nitrogens with zero attached hydrogens (tertiary/aromatic N) is 1. The quantitative estimate of drug-likeness (QED) is 0.540. The molecule has 0 aliphatic carbocycles. The van der Waals surface area contributed by atoms with Gasteiger partial charge in [0, 0.05) is 21.2 Å². The molecule has 1 aliphatic rings. The zero-order valence-electron chi connectivity index (χ0n) is 15.7. The van der Waals surface area contributed by atoms with Gasteiger partial charge in [-0.05, 0) is 29.8 Å². The summed E-state index contributed by atoms with van der Waals surface area (Å²) in [4.78, 5) is 5.71. The van der Waals surface area contributed by atoms with E-state index in [9.17, 15) is 0 Å². The second-order valence-electron chi connectivity index (χ2n) is 7.23. The van der Waals surface area contributed by atoms with Crippen LogP contribution < -0.4 is 15.2 Å². The van der Waals surface area contributed by atoms with Crippen LogP contribution in [0.25, 0.3) is 0 Å². The minimum atomic E-state index is -0.000206. The number of nitrogen functional groups attached to an aromatic ring is 1. The molecule has 2 heterocycles. The predicted octanol–water partition coefficient (Wildman–Crippen LogP) is 5.79. The number of hydrogen-bond donors (Lipinski definition) is 1. The molecule has 142 valence electrons. The van der Waals surface area contributed by atoms with E-state index in [4.69, 9.17) is 15.2 Å². The van der Waals surface area contributed by atoms with Crippen LogP contribution in [-0.2, 0) is 11.8 Å². The van der Waals surface area contributed by atoms with E-state index in [1.807, 2.05) is 42.5 Å². The Labute approximate surface area is 172 Å². The SMILES string of the molecule is Brc1ccccc1.CC(C)(C)c1nc(N)sc1Cc1ccc2c(c1)OCO2. The van der Waals surface area contributed by atoms with Gasteiger partial charge in [0.2, 0.25) is 6.79 Å². The van der Waals surface area contributed by atoms with Crippen LogP contribution in [0.5, 0.6) is 11.5 Å². The van der Waals surface area contributed by atoms with E-state index in [0.717, 1.165) is 28.1 Å². The van der Waals surface area contributed by atoms with Gasteiger partial charge in [-0.25, -0.2) is 4.98 Å². The van der Waals surface area contributed by atoms with E-state index in [1.54, 1.807) is 11.3 Å². The van der Waals surface area contributed by atoms with Crippen LogP contribution in [0.4, 0.5) is 5.13 Å². The molecule has 0 fully saturated rings. The Hall–Kier alpha value is -2.05. The lowest BCUT2D eigenvalue weighted by atomic mass is 9.90. The molecule has 0 amide bonds. The normalized spacial score (nSPS) is 12.4. The summed E-state index contributed by atoms with van der Waals surface area (Å²) >= 11 is 4.88. The second-order valence-corrected chi connectivity index (χ2v) is 9.26. The first kappa shape index (κ1) is 19.7. The maximum atomic E-state index is 5.88. The molecule has 0 saturated carbocycles. The van der Waals surface area contributed by atoms with E-state index in [1.165, 1.54) is 10.4 Å². The molecule has 2 aromatic carbocycles. The molecule has 0 radical (unpaired) electrons. The van der Waals surface area contributed by atoms with Crippen molar-refractivity contribution in [2.75, 3.05) is 12.5 Å². The van der Waals surface area contributed by atoms with Crippen LogP contribution in [0.15, 0.2) is 53.0 Å². The minimum Gasteiger partial charge on any atom is -0.454 e. The van der Waals surface area contributed by atoms with Crippen molar-refractivity contribution >= 4 is 32.4 Å². The largest absolute Gasteiger partial charge is 0.454 e. The summed E-state index contributed by atoms with van der Waals surface area (Å²) in [6, 6.07) is 16.0. The molecule has 1 aliphatic heterocycles. The highest BCUT2D eigenvalue weighted by Crippen LogP contribution is 2.36. The monoisotopic (exact) mass is 446 g/mol. The van der Waals surface area contributed by atoms with Crippen molar-refractivity contribution in [3.8, 4) is 11.5 Å². The number of aromatic nitrogens is 1. The van der Waals surface area contributed by atoms with Crippen molar-refractivity contribution in [2.24, 2.45) is 0 Å².